The summed E-state index contributed by atoms with van der Waals surface area (Å²) in [6.07, 6.45) is 0.611. The Kier molecular flexibility index (Phi) is 4.27. The Morgan fingerprint density at radius 3 is 2.62 bits per heavy atom. The van der Waals surface area contributed by atoms with E-state index in [0.29, 0.717) is 23.7 Å². The van der Waals surface area contributed by atoms with E-state index >= 15 is 0 Å². The molecule has 0 spiro atoms. The number of aliphatic carboxylic acids is 1. The molecule has 1 aliphatic rings. The Bertz CT molecular complexity index is 539. The Hall–Kier alpha value is -1.95. The van der Waals surface area contributed by atoms with Gasteiger partial charge in [-0.05, 0) is 38.8 Å². The summed E-state index contributed by atoms with van der Waals surface area (Å²) in [5, 5.41) is 9.14. The van der Waals surface area contributed by atoms with Gasteiger partial charge >= 0.3 is 5.97 Å². The van der Waals surface area contributed by atoms with Crippen LogP contribution >= 0.6 is 0 Å². The third kappa shape index (κ3) is 3.58. The SMILES string of the molecule is CC(N)Cc1cc2c(cc1OCC(C)(C)C(=O)O)OCO2. The molecule has 116 valence electrons. The molecule has 3 N–H and O–H groups in total. The average molecular weight is 295 g/mol. The van der Waals surface area contributed by atoms with Crippen LogP contribution in [0.4, 0.5) is 0 Å². The second kappa shape index (κ2) is 5.81. The molecule has 0 fully saturated rings. The van der Waals surface area contributed by atoms with Crippen molar-refractivity contribution in [2.75, 3.05) is 13.4 Å². The molecule has 21 heavy (non-hydrogen) atoms. The first-order chi connectivity index (χ1) is 9.79. The van der Waals surface area contributed by atoms with Gasteiger partial charge in [0.2, 0.25) is 6.79 Å². The molecule has 0 saturated carbocycles. The highest BCUT2D eigenvalue weighted by molar-refractivity contribution is 5.73. The van der Waals surface area contributed by atoms with Crippen LogP contribution in [0.15, 0.2) is 12.1 Å². The molecule has 0 aromatic heterocycles. The van der Waals surface area contributed by atoms with Crippen LogP contribution in [-0.4, -0.2) is 30.5 Å². The maximum atomic E-state index is 11.1. The van der Waals surface area contributed by atoms with Crippen molar-refractivity contribution in [1.82, 2.24) is 0 Å². The number of benzene rings is 1. The van der Waals surface area contributed by atoms with E-state index in [4.69, 9.17) is 25.1 Å². The summed E-state index contributed by atoms with van der Waals surface area (Å²) in [6.45, 7) is 5.38. The van der Waals surface area contributed by atoms with E-state index in [1.54, 1.807) is 19.9 Å². The van der Waals surface area contributed by atoms with Gasteiger partial charge in [0.25, 0.3) is 0 Å². The predicted octanol–water partition coefficient (Wildman–Crippen LogP) is 1.79. The van der Waals surface area contributed by atoms with Gasteiger partial charge in [0.1, 0.15) is 12.4 Å². The van der Waals surface area contributed by atoms with Gasteiger partial charge in [-0.25, -0.2) is 0 Å². The molecule has 0 bridgehead atoms. The molecule has 2 rings (SSSR count). The maximum absolute atomic E-state index is 11.1. The molecule has 1 aromatic carbocycles. The zero-order valence-electron chi connectivity index (χ0n) is 12.5. The summed E-state index contributed by atoms with van der Waals surface area (Å²) in [7, 11) is 0. The third-order valence-corrected chi connectivity index (χ3v) is 3.27. The monoisotopic (exact) mass is 295 g/mol. The van der Waals surface area contributed by atoms with Crippen LogP contribution in [0, 0.1) is 5.41 Å². The maximum Gasteiger partial charge on any atom is 0.312 e. The molecule has 1 atom stereocenters. The van der Waals surface area contributed by atoms with E-state index in [-0.39, 0.29) is 19.4 Å². The van der Waals surface area contributed by atoms with Crippen molar-refractivity contribution >= 4 is 5.97 Å². The zero-order chi connectivity index (χ0) is 15.6. The number of nitrogens with two attached hydrogens (primary N) is 1. The van der Waals surface area contributed by atoms with Crippen molar-refractivity contribution in [3.63, 3.8) is 0 Å². The molecule has 6 nitrogen and oxygen atoms in total. The minimum absolute atomic E-state index is 0.0415. The lowest BCUT2D eigenvalue weighted by Gasteiger charge is -2.21. The van der Waals surface area contributed by atoms with Crippen LogP contribution in [0.1, 0.15) is 26.3 Å². The molecule has 1 unspecified atom stereocenters. The largest absolute Gasteiger partial charge is 0.492 e. The molecule has 0 saturated heterocycles. The predicted molar refractivity (Wildman–Crippen MR) is 76.8 cm³/mol. The average Bonchev–Trinajstić information content (AvgIpc) is 2.82. The first-order valence-electron chi connectivity index (χ1n) is 6.84. The lowest BCUT2D eigenvalue weighted by atomic mass is 9.95. The van der Waals surface area contributed by atoms with Crippen LogP contribution in [0.25, 0.3) is 0 Å². The summed E-state index contributed by atoms with van der Waals surface area (Å²) in [5.41, 5.74) is 5.76. The topological polar surface area (TPSA) is 91.0 Å². The van der Waals surface area contributed by atoms with Gasteiger partial charge < -0.3 is 25.1 Å². The van der Waals surface area contributed by atoms with Crippen molar-refractivity contribution < 1.29 is 24.1 Å². The number of fused-ring (bicyclic) bond motifs is 1. The zero-order valence-corrected chi connectivity index (χ0v) is 12.5. The molecular formula is C15H21NO5. The fourth-order valence-electron chi connectivity index (χ4n) is 1.93. The molecule has 1 heterocycles. The summed E-state index contributed by atoms with van der Waals surface area (Å²) in [5.74, 6) is 0.949. The number of rotatable bonds is 6. The molecule has 1 aromatic rings. The van der Waals surface area contributed by atoms with Crippen molar-refractivity contribution in [2.24, 2.45) is 11.1 Å². The van der Waals surface area contributed by atoms with Crippen molar-refractivity contribution in [2.45, 2.75) is 33.2 Å². The van der Waals surface area contributed by atoms with Crippen molar-refractivity contribution in [1.29, 1.82) is 0 Å². The van der Waals surface area contributed by atoms with E-state index < -0.39 is 11.4 Å². The molecule has 1 aliphatic heterocycles. The van der Waals surface area contributed by atoms with Gasteiger partial charge in [0.05, 0.1) is 5.41 Å². The van der Waals surface area contributed by atoms with E-state index in [9.17, 15) is 4.79 Å². The summed E-state index contributed by atoms with van der Waals surface area (Å²) in [6, 6.07) is 3.53. The highest BCUT2D eigenvalue weighted by Crippen LogP contribution is 2.39. The normalized spacial score (nSPS) is 14.9. The van der Waals surface area contributed by atoms with Gasteiger partial charge in [-0.15, -0.1) is 0 Å². The number of carboxylic acids is 1. The van der Waals surface area contributed by atoms with Crippen molar-refractivity contribution in [3.8, 4) is 17.2 Å². The highest BCUT2D eigenvalue weighted by Gasteiger charge is 2.29. The summed E-state index contributed by atoms with van der Waals surface area (Å²) < 4.78 is 16.4. The van der Waals surface area contributed by atoms with Gasteiger partial charge in [-0.1, -0.05) is 0 Å². The molecule has 0 radical (unpaired) electrons. The first kappa shape index (κ1) is 15.4. The van der Waals surface area contributed by atoms with Gasteiger partial charge in [0.15, 0.2) is 11.5 Å². The van der Waals surface area contributed by atoms with E-state index in [2.05, 4.69) is 0 Å². The Morgan fingerprint density at radius 1 is 1.43 bits per heavy atom. The van der Waals surface area contributed by atoms with Crippen LogP contribution in [-0.2, 0) is 11.2 Å². The first-order valence-corrected chi connectivity index (χ1v) is 6.84. The number of carboxylic acid groups (broad SMARTS) is 1. The quantitative estimate of drug-likeness (QED) is 0.831. The second-order valence-corrected chi connectivity index (χ2v) is 5.97. The Balaban J connectivity index is 2.22. The van der Waals surface area contributed by atoms with Gasteiger partial charge in [0, 0.05) is 12.1 Å². The van der Waals surface area contributed by atoms with Crippen LogP contribution in [0.2, 0.25) is 0 Å². The minimum Gasteiger partial charge on any atom is -0.492 e. The summed E-state index contributed by atoms with van der Waals surface area (Å²) in [4.78, 5) is 11.1. The fraction of sp³-hybridized carbons (Fsp3) is 0.533. The van der Waals surface area contributed by atoms with Crippen molar-refractivity contribution in [3.05, 3.63) is 17.7 Å². The smallest absolute Gasteiger partial charge is 0.312 e. The third-order valence-electron chi connectivity index (χ3n) is 3.27. The van der Waals surface area contributed by atoms with Gasteiger partial charge in [-0.3, -0.25) is 4.79 Å². The number of ether oxygens (including phenoxy) is 3. The van der Waals surface area contributed by atoms with Crippen LogP contribution in [0.5, 0.6) is 17.2 Å². The summed E-state index contributed by atoms with van der Waals surface area (Å²) >= 11 is 0. The van der Waals surface area contributed by atoms with E-state index in [0.717, 1.165) is 5.56 Å². The number of hydrogen-bond donors (Lipinski definition) is 2. The lowest BCUT2D eigenvalue weighted by molar-refractivity contribution is -0.148. The Morgan fingerprint density at radius 2 is 2.05 bits per heavy atom. The number of hydrogen-bond acceptors (Lipinski definition) is 5. The van der Waals surface area contributed by atoms with Crippen LogP contribution < -0.4 is 19.9 Å². The molecular weight excluding hydrogens is 274 g/mol. The molecule has 0 amide bonds. The molecule has 6 heteroatoms. The second-order valence-electron chi connectivity index (χ2n) is 5.97. The van der Waals surface area contributed by atoms with E-state index in [1.165, 1.54) is 0 Å². The highest BCUT2D eigenvalue weighted by atomic mass is 16.7. The lowest BCUT2D eigenvalue weighted by Crippen LogP contribution is -2.31. The van der Waals surface area contributed by atoms with Crippen LogP contribution in [0.3, 0.4) is 0 Å². The minimum atomic E-state index is -0.970. The van der Waals surface area contributed by atoms with Gasteiger partial charge in [-0.2, -0.15) is 0 Å². The molecule has 0 aliphatic carbocycles. The standard InChI is InChI=1S/C15H21NO5/c1-9(16)4-10-5-12-13(21-8-20-12)6-11(10)19-7-15(2,3)14(17)18/h5-6,9H,4,7-8,16H2,1-3H3,(H,17,18). The Labute approximate surface area is 123 Å². The number of carbonyl (C=O) groups is 1. The van der Waals surface area contributed by atoms with E-state index in [1.807, 2.05) is 13.0 Å². The fourth-order valence-corrected chi connectivity index (χ4v) is 1.93.